The van der Waals surface area contributed by atoms with Crippen LogP contribution in [0.1, 0.15) is 51.0 Å². The van der Waals surface area contributed by atoms with Crippen LogP contribution in [0.2, 0.25) is 0 Å². The second kappa shape index (κ2) is 4.69. The van der Waals surface area contributed by atoms with Gasteiger partial charge >= 0.3 is 0 Å². The first kappa shape index (κ1) is 10.5. The second-order valence-corrected chi connectivity index (χ2v) is 4.71. The SMILES string of the molecule is CCCC[C@@H]1C[C@H](C)c2ccccc2N1. The van der Waals surface area contributed by atoms with Crippen LogP contribution in [0.3, 0.4) is 0 Å². The molecule has 1 heteroatoms. The van der Waals surface area contributed by atoms with Crippen LogP contribution in [0.5, 0.6) is 0 Å². The van der Waals surface area contributed by atoms with Crippen molar-refractivity contribution in [2.75, 3.05) is 5.32 Å². The van der Waals surface area contributed by atoms with Crippen LogP contribution in [0, 0.1) is 0 Å². The van der Waals surface area contributed by atoms with Crippen LogP contribution in [0.15, 0.2) is 24.3 Å². The topological polar surface area (TPSA) is 12.0 Å². The zero-order chi connectivity index (χ0) is 10.7. The van der Waals surface area contributed by atoms with Gasteiger partial charge in [0, 0.05) is 11.7 Å². The molecule has 0 aliphatic carbocycles. The number of hydrogen-bond donors (Lipinski definition) is 1. The predicted octanol–water partition coefficient (Wildman–Crippen LogP) is 4.16. The molecule has 0 saturated carbocycles. The minimum atomic E-state index is 0.690. The van der Waals surface area contributed by atoms with Crippen molar-refractivity contribution >= 4 is 5.69 Å². The lowest BCUT2D eigenvalue weighted by Crippen LogP contribution is -2.27. The van der Waals surface area contributed by atoms with Crippen LogP contribution in [-0.4, -0.2) is 6.04 Å². The third-order valence-electron chi connectivity index (χ3n) is 3.40. The molecule has 0 amide bonds. The number of fused-ring (bicyclic) bond motifs is 1. The Hall–Kier alpha value is -0.980. The van der Waals surface area contributed by atoms with E-state index in [1.54, 1.807) is 0 Å². The summed E-state index contributed by atoms with van der Waals surface area (Å²) in [6.45, 7) is 4.61. The van der Waals surface area contributed by atoms with Crippen LogP contribution >= 0.6 is 0 Å². The maximum atomic E-state index is 3.66. The minimum Gasteiger partial charge on any atom is -0.382 e. The lowest BCUT2D eigenvalue weighted by molar-refractivity contribution is 0.511. The van der Waals surface area contributed by atoms with Gasteiger partial charge in [-0.25, -0.2) is 0 Å². The molecule has 0 unspecified atom stereocenters. The highest BCUT2D eigenvalue weighted by Crippen LogP contribution is 2.34. The van der Waals surface area contributed by atoms with Gasteiger partial charge in [0.25, 0.3) is 0 Å². The molecule has 0 spiro atoms. The van der Waals surface area contributed by atoms with Crippen LogP contribution < -0.4 is 5.32 Å². The molecule has 1 heterocycles. The van der Waals surface area contributed by atoms with Gasteiger partial charge in [-0.15, -0.1) is 0 Å². The number of hydrogen-bond acceptors (Lipinski definition) is 1. The summed E-state index contributed by atoms with van der Waals surface area (Å²) in [7, 11) is 0. The third-order valence-corrected chi connectivity index (χ3v) is 3.40. The first-order valence-electron chi connectivity index (χ1n) is 6.16. The Kier molecular flexibility index (Phi) is 3.30. The van der Waals surface area contributed by atoms with Crippen molar-refractivity contribution in [2.24, 2.45) is 0 Å². The molecule has 0 bridgehead atoms. The molecule has 15 heavy (non-hydrogen) atoms. The highest BCUT2D eigenvalue weighted by molar-refractivity contribution is 5.55. The van der Waals surface area contributed by atoms with Gasteiger partial charge in [-0.2, -0.15) is 0 Å². The highest BCUT2D eigenvalue weighted by Gasteiger charge is 2.22. The smallest absolute Gasteiger partial charge is 0.0377 e. The van der Waals surface area contributed by atoms with E-state index in [1.807, 2.05) is 0 Å². The summed E-state index contributed by atoms with van der Waals surface area (Å²) in [4.78, 5) is 0. The summed E-state index contributed by atoms with van der Waals surface area (Å²) in [6.07, 6.45) is 5.24. The van der Waals surface area contributed by atoms with Crippen molar-refractivity contribution in [3.63, 3.8) is 0 Å². The number of unbranched alkanes of at least 4 members (excludes halogenated alkanes) is 1. The van der Waals surface area contributed by atoms with Gasteiger partial charge in [-0.1, -0.05) is 44.9 Å². The molecule has 1 aromatic carbocycles. The number of nitrogens with one attached hydrogen (secondary N) is 1. The number of rotatable bonds is 3. The summed E-state index contributed by atoms with van der Waals surface area (Å²) in [5, 5.41) is 3.66. The Morgan fingerprint density at radius 3 is 2.93 bits per heavy atom. The highest BCUT2D eigenvalue weighted by atomic mass is 14.9. The number of benzene rings is 1. The maximum absolute atomic E-state index is 3.66. The van der Waals surface area contributed by atoms with Crippen molar-refractivity contribution in [3.8, 4) is 0 Å². The predicted molar refractivity (Wildman–Crippen MR) is 66.4 cm³/mol. The molecule has 1 N–H and O–H groups in total. The molecular formula is C14H21N. The molecule has 1 aliphatic heterocycles. The van der Waals surface area contributed by atoms with E-state index in [2.05, 4.69) is 43.4 Å². The van der Waals surface area contributed by atoms with Gasteiger partial charge in [0.2, 0.25) is 0 Å². The first-order chi connectivity index (χ1) is 7.31. The summed E-state index contributed by atoms with van der Waals surface area (Å²) < 4.78 is 0. The molecule has 1 aliphatic rings. The second-order valence-electron chi connectivity index (χ2n) is 4.71. The Morgan fingerprint density at radius 1 is 1.33 bits per heavy atom. The van der Waals surface area contributed by atoms with Gasteiger partial charge < -0.3 is 5.32 Å². The molecule has 82 valence electrons. The van der Waals surface area contributed by atoms with Crippen molar-refractivity contribution < 1.29 is 0 Å². The average molecular weight is 203 g/mol. The Balaban J connectivity index is 2.08. The summed E-state index contributed by atoms with van der Waals surface area (Å²) in [5.74, 6) is 0.712. The van der Waals surface area contributed by atoms with E-state index in [0.29, 0.717) is 12.0 Å². The lowest BCUT2D eigenvalue weighted by Gasteiger charge is -2.31. The average Bonchev–Trinajstić information content (AvgIpc) is 2.26. The Bertz CT molecular complexity index is 319. The molecule has 1 nitrogen and oxygen atoms in total. The maximum Gasteiger partial charge on any atom is 0.0377 e. The van der Waals surface area contributed by atoms with Crippen LogP contribution in [0.25, 0.3) is 0 Å². The van der Waals surface area contributed by atoms with Crippen molar-refractivity contribution in [2.45, 2.75) is 51.5 Å². The quantitative estimate of drug-likeness (QED) is 0.777. The van der Waals surface area contributed by atoms with Gasteiger partial charge in [0.15, 0.2) is 0 Å². The van der Waals surface area contributed by atoms with Crippen molar-refractivity contribution in [1.29, 1.82) is 0 Å². The molecule has 0 saturated heterocycles. The zero-order valence-corrected chi connectivity index (χ0v) is 9.79. The third kappa shape index (κ3) is 2.34. The van der Waals surface area contributed by atoms with Crippen molar-refractivity contribution in [1.82, 2.24) is 0 Å². The molecular weight excluding hydrogens is 182 g/mol. The van der Waals surface area contributed by atoms with E-state index >= 15 is 0 Å². The van der Waals surface area contributed by atoms with Crippen LogP contribution in [0.4, 0.5) is 5.69 Å². The molecule has 0 aromatic heterocycles. The molecule has 1 aromatic rings. The van der Waals surface area contributed by atoms with Crippen molar-refractivity contribution in [3.05, 3.63) is 29.8 Å². The fraction of sp³-hybridized carbons (Fsp3) is 0.571. The van der Waals surface area contributed by atoms with Crippen LogP contribution in [-0.2, 0) is 0 Å². The molecule has 2 atom stereocenters. The normalized spacial score (nSPS) is 24.4. The molecule has 2 rings (SSSR count). The summed E-state index contributed by atoms with van der Waals surface area (Å²) >= 11 is 0. The fourth-order valence-corrected chi connectivity index (χ4v) is 2.53. The van der Waals surface area contributed by atoms with E-state index in [1.165, 1.54) is 36.9 Å². The zero-order valence-electron chi connectivity index (χ0n) is 9.79. The van der Waals surface area contributed by atoms with Gasteiger partial charge in [0.05, 0.1) is 0 Å². The summed E-state index contributed by atoms with van der Waals surface area (Å²) in [5.41, 5.74) is 2.85. The van der Waals surface area contributed by atoms with Gasteiger partial charge in [-0.3, -0.25) is 0 Å². The molecule has 0 radical (unpaired) electrons. The van der Waals surface area contributed by atoms with E-state index in [-0.39, 0.29) is 0 Å². The Morgan fingerprint density at radius 2 is 2.13 bits per heavy atom. The van der Waals surface area contributed by atoms with Gasteiger partial charge in [-0.05, 0) is 30.4 Å². The fourth-order valence-electron chi connectivity index (χ4n) is 2.53. The summed E-state index contributed by atoms with van der Waals surface area (Å²) in [6, 6.07) is 9.42. The van der Waals surface area contributed by atoms with Gasteiger partial charge in [0.1, 0.15) is 0 Å². The van der Waals surface area contributed by atoms with E-state index in [0.717, 1.165) is 0 Å². The Labute approximate surface area is 92.9 Å². The lowest BCUT2D eigenvalue weighted by atomic mass is 9.87. The van der Waals surface area contributed by atoms with E-state index < -0.39 is 0 Å². The molecule has 0 fully saturated rings. The van der Waals surface area contributed by atoms with E-state index in [9.17, 15) is 0 Å². The number of para-hydroxylation sites is 1. The first-order valence-corrected chi connectivity index (χ1v) is 6.16. The largest absolute Gasteiger partial charge is 0.382 e. The standard InChI is InChI=1S/C14H21N/c1-3-4-7-12-10-11(2)13-8-5-6-9-14(13)15-12/h5-6,8-9,11-12,15H,3-4,7,10H2,1-2H3/t11-,12+/m0/s1. The van der Waals surface area contributed by atoms with E-state index in [4.69, 9.17) is 0 Å². The monoisotopic (exact) mass is 203 g/mol. The minimum absolute atomic E-state index is 0.690. The number of anilines is 1.